The monoisotopic (exact) mass is 496 g/mol. The number of aryl methyl sites for hydroxylation is 1. The number of ether oxygens (including phenoxy) is 1. The van der Waals surface area contributed by atoms with Crippen LogP contribution in [0.15, 0.2) is 24.3 Å². The standard InChI is InChI=1S/C26H32N4O4S/c1-16-9-11-20(12-10-16)28-24(32)15-35-19(4)26(33)34-14-23(31)29-25-22(13-27)17(2)18(3)30(25)21-7-5-6-8-21/h9-12,19,21H,5-8,14-15H2,1-4H3,(H,28,32)(H,29,31). The zero-order chi connectivity index (χ0) is 25.5. The summed E-state index contributed by atoms with van der Waals surface area (Å²) in [5.41, 5.74) is 4.05. The molecule has 0 aliphatic heterocycles. The molecule has 0 saturated heterocycles. The summed E-state index contributed by atoms with van der Waals surface area (Å²) in [5, 5.41) is 14.6. The van der Waals surface area contributed by atoms with E-state index in [1.807, 2.05) is 49.6 Å². The summed E-state index contributed by atoms with van der Waals surface area (Å²) in [6.07, 6.45) is 4.24. The van der Waals surface area contributed by atoms with E-state index in [0.717, 1.165) is 54.3 Å². The Balaban J connectivity index is 1.51. The average molecular weight is 497 g/mol. The number of amides is 2. The summed E-state index contributed by atoms with van der Waals surface area (Å²) in [4.78, 5) is 37.1. The van der Waals surface area contributed by atoms with Gasteiger partial charge in [0.1, 0.15) is 17.1 Å². The van der Waals surface area contributed by atoms with E-state index < -0.39 is 23.7 Å². The summed E-state index contributed by atoms with van der Waals surface area (Å²) in [7, 11) is 0. The molecule has 1 aromatic carbocycles. The predicted molar refractivity (Wildman–Crippen MR) is 137 cm³/mol. The number of rotatable bonds is 9. The first-order valence-corrected chi connectivity index (χ1v) is 12.8. The summed E-state index contributed by atoms with van der Waals surface area (Å²) in [6, 6.07) is 9.89. The van der Waals surface area contributed by atoms with Gasteiger partial charge in [-0.1, -0.05) is 30.5 Å². The number of hydrogen-bond acceptors (Lipinski definition) is 6. The summed E-state index contributed by atoms with van der Waals surface area (Å²) >= 11 is 1.14. The van der Waals surface area contributed by atoms with Crippen LogP contribution >= 0.6 is 11.8 Å². The highest BCUT2D eigenvalue weighted by molar-refractivity contribution is 8.01. The molecule has 1 atom stereocenters. The zero-order valence-corrected chi connectivity index (χ0v) is 21.5. The molecule has 3 rings (SSSR count). The van der Waals surface area contributed by atoms with Crippen LogP contribution in [0.2, 0.25) is 0 Å². The van der Waals surface area contributed by atoms with Crippen LogP contribution in [0, 0.1) is 32.1 Å². The maximum absolute atomic E-state index is 12.6. The molecule has 2 aromatic rings. The van der Waals surface area contributed by atoms with Crippen molar-refractivity contribution in [3.05, 3.63) is 46.6 Å². The first-order chi connectivity index (χ1) is 16.7. The molecule has 35 heavy (non-hydrogen) atoms. The van der Waals surface area contributed by atoms with Gasteiger partial charge in [-0.3, -0.25) is 14.4 Å². The molecule has 1 aliphatic carbocycles. The van der Waals surface area contributed by atoms with Crippen molar-refractivity contribution >= 4 is 41.1 Å². The van der Waals surface area contributed by atoms with Crippen LogP contribution < -0.4 is 10.6 Å². The number of esters is 1. The van der Waals surface area contributed by atoms with E-state index in [9.17, 15) is 19.6 Å². The highest BCUT2D eigenvalue weighted by Crippen LogP contribution is 2.37. The predicted octanol–water partition coefficient (Wildman–Crippen LogP) is 4.64. The van der Waals surface area contributed by atoms with Gasteiger partial charge in [-0.05, 0) is 58.2 Å². The van der Waals surface area contributed by atoms with E-state index in [-0.39, 0.29) is 17.7 Å². The van der Waals surface area contributed by atoms with Crippen LogP contribution in [0.5, 0.6) is 0 Å². The molecule has 1 heterocycles. The van der Waals surface area contributed by atoms with Crippen molar-refractivity contribution in [2.24, 2.45) is 0 Å². The van der Waals surface area contributed by atoms with Gasteiger partial charge >= 0.3 is 5.97 Å². The summed E-state index contributed by atoms with van der Waals surface area (Å²) in [5.74, 6) is -0.743. The van der Waals surface area contributed by atoms with Crippen molar-refractivity contribution in [2.75, 3.05) is 23.0 Å². The lowest BCUT2D eigenvalue weighted by Gasteiger charge is -2.19. The van der Waals surface area contributed by atoms with E-state index in [1.165, 1.54) is 0 Å². The van der Waals surface area contributed by atoms with Gasteiger partial charge in [-0.15, -0.1) is 11.8 Å². The fourth-order valence-electron chi connectivity index (χ4n) is 4.23. The quantitative estimate of drug-likeness (QED) is 0.489. The minimum atomic E-state index is -0.618. The average Bonchev–Trinajstić information content (AvgIpc) is 3.44. The molecule has 1 unspecified atom stereocenters. The van der Waals surface area contributed by atoms with E-state index in [1.54, 1.807) is 6.92 Å². The van der Waals surface area contributed by atoms with Gasteiger partial charge in [0.25, 0.3) is 5.91 Å². The first-order valence-electron chi connectivity index (χ1n) is 11.8. The van der Waals surface area contributed by atoms with Gasteiger partial charge in [-0.2, -0.15) is 5.26 Å². The summed E-state index contributed by atoms with van der Waals surface area (Å²) < 4.78 is 7.23. The highest BCUT2D eigenvalue weighted by atomic mass is 32.2. The van der Waals surface area contributed by atoms with Crippen molar-refractivity contribution in [3.63, 3.8) is 0 Å². The zero-order valence-electron chi connectivity index (χ0n) is 20.6. The van der Waals surface area contributed by atoms with Crippen LogP contribution in [-0.4, -0.2) is 40.0 Å². The largest absolute Gasteiger partial charge is 0.455 e. The van der Waals surface area contributed by atoms with Gasteiger partial charge in [-0.25, -0.2) is 0 Å². The van der Waals surface area contributed by atoms with Crippen molar-refractivity contribution in [3.8, 4) is 6.07 Å². The van der Waals surface area contributed by atoms with E-state index in [2.05, 4.69) is 16.7 Å². The van der Waals surface area contributed by atoms with E-state index in [0.29, 0.717) is 17.1 Å². The number of thioether (sulfide) groups is 1. The Morgan fingerprint density at radius 2 is 1.77 bits per heavy atom. The molecular formula is C26H32N4O4S. The Morgan fingerprint density at radius 1 is 1.11 bits per heavy atom. The molecule has 1 aliphatic rings. The Labute approximate surface area is 210 Å². The van der Waals surface area contributed by atoms with Crippen LogP contribution in [0.25, 0.3) is 0 Å². The van der Waals surface area contributed by atoms with Gasteiger partial charge in [0, 0.05) is 17.4 Å². The molecule has 0 bridgehead atoms. The normalized spacial score (nSPS) is 14.3. The molecular weight excluding hydrogens is 464 g/mol. The second kappa shape index (κ2) is 11.9. The minimum Gasteiger partial charge on any atom is -0.455 e. The lowest BCUT2D eigenvalue weighted by molar-refractivity contribution is -0.146. The van der Waals surface area contributed by atoms with Crippen molar-refractivity contribution in [1.29, 1.82) is 5.26 Å². The molecule has 0 spiro atoms. The third kappa shape index (κ3) is 6.67. The number of anilines is 2. The SMILES string of the molecule is Cc1ccc(NC(=O)CSC(C)C(=O)OCC(=O)Nc2c(C#N)c(C)c(C)n2C2CCCC2)cc1. The number of benzene rings is 1. The fraction of sp³-hybridized carbons (Fsp3) is 0.462. The number of carbonyl (C=O) groups excluding carboxylic acids is 3. The molecule has 2 amide bonds. The third-order valence-electron chi connectivity index (χ3n) is 6.29. The molecule has 186 valence electrons. The molecule has 2 N–H and O–H groups in total. The van der Waals surface area contributed by atoms with Crippen molar-refractivity contribution < 1.29 is 19.1 Å². The van der Waals surface area contributed by atoms with Crippen molar-refractivity contribution in [1.82, 2.24) is 4.57 Å². The molecule has 9 heteroatoms. The molecule has 1 aromatic heterocycles. The summed E-state index contributed by atoms with van der Waals surface area (Å²) in [6.45, 7) is 6.97. The van der Waals surface area contributed by atoms with Gasteiger partial charge in [0.05, 0.1) is 11.3 Å². The third-order valence-corrected chi connectivity index (χ3v) is 7.41. The highest BCUT2D eigenvalue weighted by Gasteiger charge is 2.27. The number of nitrogens with one attached hydrogen (secondary N) is 2. The Kier molecular flexibility index (Phi) is 8.99. The van der Waals surface area contributed by atoms with Gasteiger partial charge in [0.15, 0.2) is 6.61 Å². The minimum absolute atomic E-state index is 0.0787. The Bertz CT molecular complexity index is 1130. The maximum Gasteiger partial charge on any atom is 0.319 e. The van der Waals surface area contributed by atoms with Crippen LogP contribution in [0.3, 0.4) is 0 Å². The topological polar surface area (TPSA) is 113 Å². The number of nitriles is 1. The Morgan fingerprint density at radius 3 is 2.40 bits per heavy atom. The number of hydrogen-bond donors (Lipinski definition) is 2. The molecule has 1 saturated carbocycles. The van der Waals surface area contributed by atoms with Crippen LogP contribution in [0.1, 0.15) is 61.0 Å². The van der Waals surface area contributed by atoms with Crippen LogP contribution in [-0.2, 0) is 19.1 Å². The number of nitrogens with zero attached hydrogens (tertiary/aromatic N) is 2. The number of carbonyl (C=O) groups is 3. The van der Waals surface area contributed by atoms with Gasteiger partial charge in [0.2, 0.25) is 5.91 Å². The maximum atomic E-state index is 12.6. The smallest absolute Gasteiger partial charge is 0.319 e. The van der Waals surface area contributed by atoms with Gasteiger partial charge < -0.3 is 19.9 Å². The molecule has 8 nitrogen and oxygen atoms in total. The second-order valence-electron chi connectivity index (χ2n) is 8.88. The van der Waals surface area contributed by atoms with E-state index >= 15 is 0 Å². The second-order valence-corrected chi connectivity index (χ2v) is 10.2. The Hall–Kier alpha value is -3.25. The van der Waals surface area contributed by atoms with Crippen molar-refractivity contribution in [2.45, 2.75) is 64.7 Å². The van der Waals surface area contributed by atoms with E-state index in [4.69, 9.17) is 4.74 Å². The number of aromatic nitrogens is 1. The first kappa shape index (κ1) is 26.4. The molecule has 0 radical (unpaired) electrons. The van der Waals surface area contributed by atoms with Crippen LogP contribution in [0.4, 0.5) is 11.5 Å². The lowest BCUT2D eigenvalue weighted by atomic mass is 10.2. The fourth-order valence-corrected chi connectivity index (χ4v) is 4.91. The molecule has 1 fully saturated rings. The lowest BCUT2D eigenvalue weighted by Crippen LogP contribution is -2.27.